The largest absolute Gasteiger partial charge is 0.483 e. The van der Waals surface area contributed by atoms with E-state index >= 15 is 0 Å². The Hall–Kier alpha value is -1.26. The number of benzene rings is 1. The molecule has 4 nitrogen and oxygen atoms in total. The Balaban J connectivity index is 2.58. The third kappa shape index (κ3) is 4.73. The average Bonchev–Trinajstić information content (AvgIpc) is 2.36. The second-order valence-corrected chi connectivity index (χ2v) is 5.17. The first-order valence-corrected chi connectivity index (χ1v) is 6.64. The Morgan fingerprint density at radius 1 is 1.42 bits per heavy atom. The van der Waals surface area contributed by atoms with Crippen molar-refractivity contribution in [3.05, 3.63) is 28.8 Å². The SMILES string of the molecule is CC(C)C(C)NC(=O)COc1cccc(Cl)c1CO. The maximum absolute atomic E-state index is 11.7. The predicted octanol–water partition coefficient (Wildman–Crippen LogP) is 2.37. The maximum atomic E-state index is 11.7. The van der Waals surface area contributed by atoms with Gasteiger partial charge >= 0.3 is 0 Å². The molecule has 0 aliphatic rings. The van der Waals surface area contributed by atoms with E-state index in [2.05, 4.69) is 5.32 Å². The zero-order valence-electron chi connectivity index (χ0n) is 11.4. The highest BCUT2D eigenvalue weighted by Gasteiger charge is 2.13. The van der Waals surface area contributed by atoms with Crippen molar-refractivity contribution in [2.45, 2.75) is 33.4 Å². The van der Waals surface area contributed by atoms with E-state index in [-0.39, 0.29) is 25.2 Å². The smallest absolute Gasteiger partial charge is 0.258 e. The quantitative estimate of drug-likeness (QED) is 0.844. The monoisotopic (exact) mass is 285 g/mol. The van der Waals surface area contributed by atoms with Gasteiger partial charge in [0.05, 0.1) is 6.61 Å². The highest BCUT2D eigenvalue weighted by atomic mass is 35.5. The minimum atomic E-state index is -0.223. The van der Waals surface area contributed by atoms with Gasteiger partial charge < -0.3 is 15.2 Å². The molecule has 0 fully saturated rings. The Morgan fingerprint density at radius 3 is 2.68 bits per heavy atom. The number of hydrogen-bond donors (Lipinski definition) is 2. The molecule has 0 heterocycles. The van der Waals surface area contributed by atoms with Crippen molar-refractivity contribution < 1.29 is 14.6 Å². The zero-order valence-corrected chi connectivity index (χ0v) is 12.2. The van der Waals surface area contributed by atoms with Crippen LogP contribution in [-0.4, -0.2) is 23.7 Å². The van der Waals surface area contributed by atoms with Gasteiger partial charge in [0.1, 0.15) is 5.75 Å². The molecule has 1 aromatic carbocycles. The summed E-state index contributed by atoms with van der Waals surface area (Å²) in [5.41, 5.74) is 0.494. The highest BCUT2D eigenvalue weighted by Crippen LogP contribution is 2.26. The first-order valence-electron chi connectivity index (χ1n) is 6.26. The van der Waals surface area contributed by atoms with E-state index < -0.39 is 0 Å². The number of aliphatic hydroxyl groups excluding tert-OH is 1. The first-order chi connectivity index (χ1) is 8.95. The van der Waals surface area contributed by atoms with E-state index in [9.17, 15) is 9.90 Å². The number of hydrogen-bond acceptors (Lipinski definition) is 3. The molecule has 1 atom stereocenters. The second-order valence-electron chi connectivity index (χ2n) is 4.76. The van der Waals surface area contributed by atoms with Crippen LogP contribution >= 0.6 is 11.6 Å². The molecule has 1 unspecified atom stereocenters. The molecule has 0 aliphatic heterocycles. The summed E-state index contributed by atoms with van der Waals surface area (Å²) in [6.45, 7) is 5.70. The summed E-state index contributed by atoms with van der Waals surface area (Å²) in [5, 5.41) is 12.5. The predicted molar refractivity (Wildman–Crippen MR) is 75.3 cm³/mol. The van der Waals surface area contributed by atoms with Gasteiger partial charge in [0.25, 0.3) is 5.91 Å². The Morgan fingerprint density at radius 2 is 2.11 bits per heavy atom. The number of carbonyl (C=O) groups is 1. The van der Waals surface area contributed by atoms with Crippen LogP contribution in [0, 0.1) is 5.92 Å². The maximum Gasteiger partial charge on any atom is 0.258 e. The number of nitrogens with one attached hydrogen (secondary N) is 1. The van der Waals surface area contributed by atoms with Crippen LogP contribution in [0.1, 0.15) is 26.3 Å². The van der Waals surface area contributed by atoms with Gasteiger partial charge in [0.2, 0.25) is 0 Å². The number of amides is 1. The van der Waals surface area contributed by atoms with Crippen molar-refractivity contribution in [1.82, 2.24) is 5.32 Å². The summed E-state index contributed by atoms with van der Waals surface area (Å²) < 4.78 is 5.39. The van der Waals surface area contributed by atoms with Crippen molar-refractivity contribution in [2.75, 3.05) is 6.61 Å². The number of rotatable bonds is 6. The molecule has 0 bridgehead atoms. The van der Waals surface area contributed by atoms with Gasteiger partial charge in [-0.15, -0.1) is 0 Å². The summed E-state index contributed by atoms with van der Waals surface area (Å²) >= 11 is 5.93. The molecule has 1 amide bonds. The number of ether oxygens (including phenoxy) is 1. The molecule has 1 rings (SSSR count). The fourth-order valence-corrected chi connectivity index (χ4v) is 1.66. The van der Waals surface area contributed by atoms with Crippen LogP contribution in [0.3, 0.4) is 0 Å². The van der Waals surface area contributed by atoms with Crippen molar-refractivity contribution in [1.29, 1.82) is 0 Å². The van der Waals surface area contributed by atoms with Crippen molar-refractivity contribution in [3.63, 3.8) is 0 Å². The molecule has 0 saturated carbocycles. The lowest BCUT2D eigenvalue weighted by atomic mass is 10.1. The van der Waals surface area contributed by atoms with Crippen LogP contribution in [0.5, 0.6) is 5.75 Å². The van der Waals surface area contributed by atoms with Crippen LogP contribution in [0.15, 0.2) is 18.2 Å². The molecular formula is C14H20ClNO3. The van der Waals surface area contributed by atoms with Crippen LogP contribution in [0.2, 0.25) is 5.02 Å². The van der Waals surface area contributed by atoms with Crippen LogP contribution in [0.4, 0.5) is 0 Å². The van der Waals surface area contributed by atoms with E-state index in [1.54, 1.807) is 18.2 Å². The van der Waals surface area contributed by atoms with Crippen LogP contribution in [0.25, 0.3) is 0 Å². The van der Waals surface area contributed by atoms with E-state index in [1.165, 1.54) is 0 Å². The fraction of sp³-hybridized carbons (Fsp3) is 0.500. The van der Waals surface area contributed by atoms with Crippen LogP contribution in [-0.2, 0) is 11.4 Å². The Labute approximate surface area is 118 Å². The molecular weight excluding hydrogens is 266 g/mol. The molecule has 2 N–H and O–H groups in total. The topological polar surface area (TPSA) is 58.6 Å². The van der Waals surface area contributed by atoms with E-state index in [1.807, 2.05) is 20.8 Å². The average molecular weight is 286 g/mol. The van der Waals surface area contributed by atoms with Gasteiger partial charge in [-0.05, 0) is 25.0 Å². The third-order valence-corrected chi connectivity index (χ3v) is 3.34. The Bertz CT molecular complexity index is 435. The lowest BCUT2D eigenvalue weighted by Crippen LogP contribution is -2.39. The number of halogens is 1. The summed E-state index contributed by atoms with van der Waals surface area (Å²) in [6, 6.07) is 5.15. The molecule has 106 valence electrons. The first kappa shape index (κ1) is 15.8. The normalized spacial score (nSPS) is 12.3. The third-order valence-electron chi connectivity index (χ3n) is 2.98. The fourth-order valence-electron chi connectivity index (χ4n) is 1.43. The summed E-state index contributed by atoms with van der Waals surface area (Å²) in [7, 11) is 0. The zero-order chi connectivity index (χ0) is 14.4. The van der Waals surface area contributed by atoms with Gasteiger partial charge in [0.15, 0.2) is 6.61 Å². The lowest BCUT2D eigenvalue weighted by molar-refractivity contribution is -0.124. The molecule has 0 aromatic heterocycles. The highest BCUT2D eigenvalue weighted by molar-refractivity contribution is 6.31. The molecule has 0 aliphatic carbocycles. The van der Waals surface area contributed by atoms with Gasteiger partial charge in [0, 0.05) is 16.6 Å². The van der Waals surface area contributed by atoms with Gasteiger partial charge in [-0.25, -0.2) is 0 Å². The Kier molecular flexibility index (Phi) is 6.12. The van der Waals surface area contributed by atoms with Crippen molar-refractivity contribution >= 4 is 17.5 Å². The van der Waals surface area contributed by atoms with E-state index in [4.69, 9.17) is 16.3 Å². The summed E-state index contributed by atoms with van der Waals surface area (Å²) in [5.74, 6) is 0.607. The second kappa shape index (κ2) is 7.36. The standard InChI is InChI=1S/C14H20ClNO3/c1-9(2)10(3)16-14(18)8-19-13-6-4-5-12(15)11(13)7-17/h4-6,9-10,17H,7-8H2,1-3H3,(H,16,18). The molecule has 19 heavy (non-hydrogen) atoms. The van der Waals surface area contributed by atoms with Gasteiger partial charge in [-0.1, -0.05) is 31.5 Å². The molecule has 1 aromatic rings. The summed E-state index contributed by atoms with van der Waals surface area (Å²) in [6.07, 6.45) is 0. The minimum absolute atomic E-state index is 0.0905. The van der Waals surface area contributed by atoms with Crippen molar-refractivity contribution in [3.8, 4) is 5.75 Å². The number of carbonyl (C=O) groups excluding carboxylic acids is 1. The molecule has 0 spiro atoms. The van der Waals surface area contributed by atoms with Gasteiger partial charge in [-0.3, -0.25) is 4.79 Å². The van der Waals surface area contributed by atoms with Gasteiger partial charge in [-0.2, -0.15) is 0 Å². The molecule has 0 radical (unpaired) electrons. The molecule has 0 saturated heterocycles. The van der Waals surface area contributed by atoms with E-state index in [0.29, 0.717) is 22.3 Å². The van der Waals surface area contributed by atoms with Crippen LogP contribution < -0.4 is 10.1 Å². The molecule has 5 heteroatoms. The minimum Gasteiger partial charge on any atom is -0.483 e. The summed E-state index contributed by atoms with van der Waals surface area (Å²) in [4.78, 5) is 11.7. The lowest BCUT2D eigenvalue weighted by Gasteiger charge is -2.18. The van der Waals surface area contributed by atoms with Crippen molar-refractivity contribution in [2.24, 2.45) is 5.92 Å². The number of aliphatic hydroxyl groups is 1. The van der Waals surface area contributed by atoms with E-state index in [0.717, 1.165) is 0 Å².